The molecule has 2 aromatic carbocycles. The summed E-state index contributed by atoms with van der Waals surface area (Å²) >= 11 is 9.94. The second-order valence-electron chi connectivity index (χ2n) is 4.77. The molecule has 19 heavy (non-hydrogen) atoms. The van der Waals surface area contributed by atoms with Crippen LogP contribution in [0.1, 0.15) is 24.0 Å². The van der Waals surface area contributed by atoms with Crippen LogP contribution in [-0.4, -0.2) is 4.83 Å². The third-order valence-electron chi connectivity index (χ3n) is 3.22. The molecule has 0 nitrogen and oxygen atoms in total. The molecule has 0 bridgehead atoms. The highest BCUT2D eigenvalue weighted by Gasteiger charge is 2.08. The van der Waals surface area contributed by atoms with E-state index in [0.717, 1.165) is 17.9 Å². The minimum Gasteiger partial charge on any atom is -0.0887 e. The maximum atomic E-state index is 6.18. The van der Waals surface area contributed by atoms with Crippen LogP contribution in [0.15, 0.2) is 54.6 Å². The molecule has 2 aromatic rings. The van der Waals surface area contributed by atoms with Gasteiger partial charge in [0.15, 0.2) is 0 Å². The highest BCUT2D eigenvalue weighted by molar-refractivity contribution is 9.09. The van der Waals surface area contributed by atoms with Crippen molar-refractivity contribution in [3.63, 3.8) is 0 Å². The van der Waals surface area contributed by atoms with Gasteiger partial charge >= 0.3 is 0 Å². The average Bonchev–Trinajstić information content (AvgIpc) is 2.43. The second-order valence-corrected chi connectivity index (χ2v) is 6.47. The molecule has 2 rings (SSSR count). The van der Waals surface area contributed by atoms with Crippen molar-refractivity contribution in [3.8, 4) is 0 Å². The van der Waals surface area contributed by atoms with Gasteiger partial charge < -0.3 is 0 Å². The molecule has 0 aliphatic heterocycles. The molecule has 0 amide bonds. The first-order chi connectivity index (χ1) is 9.25. The second kappa shape index (κ2) is 7.72. The Morgan fingerprint density at radius 1 is 0.947 bits per heavy atom. The van der Waals surface area contributed by atoms with Gasteiger partial charge in [-0.2, -0.15) is 0 Å². The largest absolute Gasteiger partial charge is 0.0887 e. The van der Waals surface area contributed by atoms with E-state index in [1.807, 2.05) is 18.2 Å². The fourth-order valence-electron chi connectivity index (χ4n) is 2.18. The summed E-state index contributed by atoms with van der Waals surface area (Å²) in [5.41, 5.74) is 2.64. The zero-order valence-corrected chi connectivity index (χ0v) is 13.2. The smallest absolute Gasteiger partial charge is 0.0438 e. The number of aryl methyl sites for hydroxylation is 1. The molecule has 0 radical (unpaired) electrons. The lowest BCUT2D eigenvalue weighted by Crippen LogP contribution is -2.04. The van der Waals surface area contributed by atoms with E-state index >= 15 is 0 Å². The number of hydrogen-bond acceptors (Lipinski definition) is 0. The van der Waals surface area contributed by atoms with E-state index in [2.05, 4.69) is 52.3 Å². The van der Waals surface area contributed by atoms with Gasteiger partial charge in [-0.25, -0.2) is 0 Å². The fourth-order valence-corrected chi connectivity index (χ4v) is 3.06. The third kappa shape index (κ3) is 5.00. The van der Waals surface area contributed by atoms with Gasteiger partial charge in [0.1, 0.15) is 0 Å². The number of rotatable bonds is 6. The monoisotopic (exact) mass is 336 g/mol. The lowest BCUT2D eigenvalue weighted by atomic mass is 10.0. The Kier molecular flexibility index (Phi) is 5.93. The molecular weight excluding hydrogens is 320 g/mol. The van der Waals surface area contributed by atoms with E-state index in [-0.39, 0.29) is 0 Å². The highest BCUT2D eigenvalue weighted by Crippen LogP contribution is 2.22. The molecule has 0 saturated carbocycles. The molecule has 0 fully saturated rings. The molecule has 0 aliphatic carbocycles. The summed E-state index contributed by atoms with van der Waals surface area (Å²) in [5.74, 6) is 0. The number of benzene rings is 2. The van der Waals surface area contributed by atoms with Crippen molar-refractivity contribution in [3.05, 3.63) is 70.7 Å². The minimum atomic E-state index is 0.496. The van der Waals surface area contributed by atoms with Crippen LogP contribution in [0.25, 0.3) is 0 Å². The van der Waals surface area contributed by atoms with Crippen molar-refractivity contribution in [2.24, 2.45) is 0 Å². The number of hydrogen-bond donors (Lipinski definition) is 0. The summed E-state index contributed by atoms with van der Waals surface area (Å²) in [6, 6.07) is 18.7. The molecule has 2 heteroatoms. The molecule has 0 heterocycles. The van der Waals surface area contributed by atoms with Crippen molar-refractivity contribution in [2.45, 2.75) is 30.5 Å². The maximum Gasteiger partial charge on any atom is 0.0438 e. The summed E-state index contributed by atoms with van der Waals surface area (Å²) in [5, 5.41) is 0.870. The van der Waals surface area contributed by atoms with Crippen LogP contribution < -0.4 is 0 Å². The van der Waals surface area contributed by atoms with Crippen LogP contribution in [0.5, 0.6) is 0 Å². The van der Waals surface area contributed by atoms with Gasteiger partial charge in [-0.15, -0.1) is 0 Å². The summed E-state index contributed by atoms with van der Waals surface area (Å²) < 4.78 is 0. The van der Waals surface area contributed by atoms with Gasteiger partial charge in [-0.05, 0) is 42.9 Å². The normalized spacial score (nSPS) is 12.3. The van der Waals surface area contributed by atoms with Crippen LogP contribution in [0.2, 0.25) is 5.02 Å². The predicted molar refractivity (Wildman–Crippen MR) is 87.3 cm³/mol. The molecule has 100 valence electrons. The lowest BCUT2D eigenvalue weighted by molar-refractivity contribution is 0.701. The third-order valence-corrected chi connectivity index (χ3v) is 4.38. The van der Waals surface area contributed by atoms with Crippen molar-refractivity contribution < 1.29 is 0 Å². The van der Waals surface area contributed by atoms with Crippen LogP contribution in [0.3, 0.4) is 0 Å². The first-order valence-corrected chi connectivity index (χ1v) is 7.96. The van der Waals surface area contributed by atoms with Crippen LogP contribution in [-0.2, 0) is 12.8 Å². The van der Waals surface area contributed by atoms with E-state index in [1.165, 1.54) is 24.0 Å². The highest BCUT2D eigenvalue weighted by atomic mass is 79.9. The Hall–Kier alpha value is -0.790. The molecule has 0 N–H and O–H groups in total. The molecular formula is C17H18BrCl. The fraction of sp³-hybridized carbons (Fsp3) is 0.294. The van der Waals surface area contributed by atoms with Crippen molar-refractivity contribution in [1.29, 1.82) is 0 Å². The van der Waals surface area contributed by atoms with Crippen LogP contribution >= 0.6 is 27.5 Å². The van der Waals surface area contributed by atoms with Crippen LogP contribution in [0, 0.1) is 0 Å². The molecule has 0 saturated heterocycles. The first-order valence-electron chi connectivity index (χ1n) is 6.67. The SMILES string of the molecule is Clc1ccccc1CC(Br)CCCc1ccccc1. The zero-order chi connectivity index (χ0) is 13.5. The summed E-state index contributed by atoms with van der Waals surface area (Å²) in [4.78, 5) is 0.496. The van der Waals surface area contributed by atoms with Gasteiger partial charge in [0.25, 0.3) is 0 Å². The Labute approximate surface area is 128 Å². The Bertz CT molecular complexity index is 496. The Morgan fingerprint density at radius 3 is 2.37 bits per heavy atom. The summed E-state index contributed by atoms with van der Waals surface area (Å²) in [7, 11) is 0. The van der Waals surface area contributed by atoms with Gasteiger partial charge in [-0.3, -0.25) is 0 Å². The Morgan fingerprint density at radius 2 is 1.63 bits per heavy atom. The Balaban J connectivity index is 1.76. The van der Waals surface area contributed by atoms with Crippen molar-refractivity contribution in [2.75, 3.05) is 0 Å². The van der Waals surface area contributed by atoms with E-state index in [0.29, 0.717) is 4.83 Å². The first kappa shape index (κ1) is 14.6. The van der Waals surface area contributed by atoms with Crippen molar-refractivity contribution in [1.82, 2.24) is 0 Å². The van der Waals surface area contributed by atoms with E-state index in [4.69, 9.17) is 11.6 Å². The predicted octanol–water partition coefficient (Wildman–Crippen LogP) is 5.67. The summed E-state index contributed by atoms with van der Waals surface area (Å²) in [6.45, 7) is 0. The van der Waals surface area contributed by atoms with Gasteiger partial charge in [0, 0.05) is 9.85 Å². The molecule has 0 spiro atoms. The maximum absolute atomic E-state index is 6.18. The lowest BCUT2D eigenvalue weighted by Gasteiger charge is -2.11. The number of alkyl halides is 1. The van der Waals surface area contributed by atoms with E-state index < -0.39 is 0 Å². The molecule has 1 unspecified atom stereocenters. The minimum absolute atomic E-state index is 0.496. The van der Waals surface area contributed by atoms with Crippen LogP contribution in [0.4, 0.5) is 0 Å². The number of halogens is 2. The summed E-state index contributed by atoms with van der Waals surface area (Å²) in [6.07, 6.45) is 4.50. The molecule has 0 aromatic heterocycles. The topological polar surface area (TPSA) is 0 Å². The van der Waals surface area contributed by atoms with Crippen molar-refractivity contribution >= 4 is 27.5 Å². The standard InChI is InChI=1S/C17H18BrCl/c18-16(13-15-10-4-5-12-17(15)19)11-6-9-14-7-2-1-3-8-14/h1-5,7-8,10,12,16H,6,9,11,13H2. The van der Waals surface area contributed by atoms with Gasteiger partial charge in [0.2, 0.25) is 0 Å². The average molecular weight is 338 g/mol. The van der Waals surface area contributed by atoms with Gasteiger partial charge in [-0.1, -0.05) is 76.1 Å². The molecule has 0 aliphatic rings. The zero-order valence-electron chi connectivity index (χ0n) is 10.9. The molecule has 1 atom stereocenters. The van der Waals surface area contributed by atoms with Gasteiger partial charge in [0.05, 0.1) is 0 Å². The van der Waals surface area contributed by atoms with E-state index in [1.54, 1.807) is 0 Å². The quantitative estimate of drug-likeness (QED) is 0.596. The van der Waals surface area contributed by atoms with E-state index in [9.17, 15) is 0 Å².